The van der Waals surface area contributed by atoms with E-state index in [1.165, 1.54) is 48.9 Å². The average Bonchev–Trinajstić information content (AvgIpc) is 2.73. The van der Waals surface area contributed by atoms with E-state index in [0.717, 1.165) is 22.2 Å². The first kappa shape index (κ1) is 22.3. The molecule has 1 aliphatic rings. The molecule has 2 aromatic rings. The summed E-state index contributed by atoms with van der Waals surface area (Å²) in [4.78, 5) is 4.48. The van der Waals surface area contributed by atoms with Crippen LogP contribution in [0.5, 0.6) is 0 Å². The van der Waals surface area contributed by atoms with Crippen molar-refractivity contribution in [2.24, 2.45) is 0 Å². The molecule has 0 unspecified atom stereocenters. The first-order chi connectivity index (χ1) is 13.9. The van der Waals surface area contributed by atoms with Gasteiger partial charge in [0, 0.05) is 25.4 Å². The monoisotopic (exact) mass is 430 g/mol. The van der Waals surface area contributed by atoms with Crippen molar-refractivity contribution in [1.82, 2.24) is 9.80 Å². The van der Waals surface area contributed by atoms with Crippen LogP contribution >= 0.6 is 24.0 Å². The lowest BCUT2D eigenvalue weighted by Gasteiger charge is -2.36. The van der Waals surface area contributed by atoms with Crippen molar-refractivity contribution in [1.29, 1.82) is 0 Å². The van der Waals surface area contributed by atoms with Gasteiger partial charge in [-0.1, -0.05) is 60.4 Å². The number of halogens is 1. The Hall–Kier alpha value is -1.43. The second kappa shape index (κ2) is 10.6. The Kier molecular flexibility index (Phi) is 8.10. The summed E-state index contributed by atoms with van der Waals surface area (Å²) in [5, 5.41) is 0. The Morgan fingerprint density at radius 1 is 0.931 bits per heavy atom. The fourth-order valence-electron chi connectivity index (χ4n) is 4.03. The minimum atomic E-state index is -0.192. The van der Waals surface area contributed by atoms with Gasteiger partial charge in [0.1, 0.15) is 10.1 Å². The van der Waals surface area contributed by atoms with Crippen LogP contribution in [0.2, 0.25) is 0 Å². The lowest BCUT2D eigenvalue weighted by Crippen LogP contribution is -2.37. The van der Waals surface area contributed by atoms with Crippen molar-refractivity contribution in [2.75, 3.05) is 21.1 Å². The highest BCUT2D eigenvalue weighted by Crippen LogP contribution is 2.35. The van der Waals surface area contributed by atoms with E-state index in [4.69, 9.17) is 12.2 Å². The summed E-state index contributed by atoms with van der Waals surface area (Å²) in [6.07, 6.45) is 4.79. The van der Waals surface area contributed by atoms with Crippen LogP contribution in [0.3, 0.4) is 0 Å². The lowest BCUT2D eigenvalue weighted by atomic mass is 9.81. The predicted molar refractivity (Wildman–Crippen MR) is 127 cm³/mol. The molecule has 0 atom stereocenters. The van der Waals surface area contributed by atoms with E-state index in [1.54, 1.807) is 11.8 Å². The molecule has 1 fully saturated rings. The van der Waals surface area contributed by atoms with Crippen molar-refractivity contribution in [3.63, 3.8) is 0 Å². The third kappa shape index (κ3) is 6.53. The van der Waals surface area contributed by atoms with Gasteiger partial charge in [-0.2, -0.15) is 0 Å². The molecule has 0 amide bonds. The van der Waals surface area contributed by atoms with Crippen LogP contribution in [-0.2, 0) is 12.3 Å². The number of hydrogen-bond donors (Lipinski definition) is 0. The number of nitrogens with zero attached hydrogens (tertiary/aromatic N) is 2. The van der Waals surface area contributed by atoms with E-state index in [0.29, 0.717) is 12.0 Å². The number of rotatable bonds is 6. The normalized spacial score (nSPS) is 19.3. The molecule has 0 N–H and O–H groups in total. The van der Waals surface area contributed by atoms with Gasteiger partial charge in [0.05, 0.1) is 0 Å². The van der Waals surface area contributed by atoms with Crippen LogP contribution in [0.1, 0.15) is 48.3 Å². The first-order valence-electron chi connectivity index (χ1n) is 10.3. The molecule has 0 aliphatic heterocycles. The molecule has 0 saturated heterocycles. The van der Waals surface area contributed by atoms with E-state index in [2.05, 4.69) is 55.2 Å². The summed E-state index contributed by atoms with van der Waals surface area (Å²) in [6.45, 7) is 0.991. The summed E-state index contributed by atoms with van der Waals surface area (Å²) in [6, 6.07) is 16.4. The van der Waals surface area contributed by atoms with Crippen molar-refractivity contribution < 1.29 is 4.39 Å². The van der Waals surface area contributed by atoms with E-state index in [1.807, 2.05) is 12.1 Å². The maximum absolute atomic E-state index is 13.0. The van der Waals surface area contributed by atoms with Crippen molar-refractivity contribution in [3.05, 3.63) is 71.0 Å². The highest BCUT2D eigenvalue weighted by atomic mass is 32.2. The Bertz CT molecular complexity index is 782. The highest BCUT2D eigenvalue weighted by molar-refractivity contribution is 8.22. The summed E-state index contributed by atoms with van der Waals surface area (Å²) in [5.41, 5.74) is 3.95. The molecule has 0 radical (unpaired) electrons. The SMILES string of the molecule is CN(C)Cc1ccc(C2CCC(N(C)C(=S)SCc3ccc(F)cc3)CC2)cc1. The van der Waals surface area contributed by atoms with Gasteiger partial charge < -0.3 is 9.80 Å². The van der Waals surface area contributed by atoms with E-state index in [-0.39, 0.29) is 5.82 Å². The quantitative estimate of drug-likeness (QED) is 0.513. The summed E-state index contributed by atoms with van der Waals surface area (Å²) >= 11 is 7.34. The second-order valence-electron chi connectivity index (χ2n) is 8.28. The average molecular weight is 431 g/mol. The number of hydrogen-bond acceptors (Lipinski definition) is 3. The first-order valence-corrected chi connectivity index (χ1v) is 11.7. The van der Waals surface area contributed by atoms with Crippen LogP contribution in [0.15, 0.2) is 48.5 Å². The Morgan fingerprint density at radius 2 is 1.52 bits per heavy atom. The zero-order valence-corrected chi connectivity index (χ0v) is 19.2. The van der Waals surface area contributed by atoms with E-state index < -0.39 is 0 Å². The van der Waals surface area contributed by atoms with Crippen molar-refractivity contribution in [3.8, 4) is 0 Å². The van der Waals surface area contributed by atoms with Crippen molar-refractivity contribution in [2.45, 2.75) is 49.9 Å². The standard InChI is InChI=1S/C24H31FN2S2/c1-26(2)16-18-4-8-20(9-5-18)21-10-14-23(15-11-21)27(3)24(28)29-17-19-6-12-22(25)13-7-19/h4-9,12-13,21,23H,10-11,14-17H2,1-3H3. The molecule has 156 valence electrons. The predicted octanol–water partition coefficient (Wildman–Crippen LogP) is 6.06. The van der Waals surface area contributed by atoms with Gasteiger partial charge >= 0.3 is 0 Å². The van der Waals surface area contributed by atoms with Crippen LogP contribution in [0.4, 0.5) is 4.39 Å². The van der Waals surface area contributed by atoms with Crippen molar-refractivity contribution >= 4 is 28.3 Å². The van der Waals surface area contributed by atoms with E-state index in [9.17, 15) is 4.39 Å². The molecule has 2 nitrogen and oxygen atoms in total. The molecule has 1 aliphatic carbocycles. The Morgan fingerprint density at radius 3 is 2.10 bits per heavy atom. The molecule has 0 aromatic heterocycles. The summed E-state index contributed by atoms with van der Waals surface area (Å²) in [5.74, 6) is 1.26. The van der Waals surface area contributed by atoms with Gasteiger partial charge in [0.15, 0.2) is 0 Å². The third-order valence-corrected chi connectivity index (χ3v) is 7.41. The Labute approximate surface area is 184 Å². The van der Waals surface area contributed by atoms with Gasteiger partial charge in [-0.25, -0.2) is 4.39 Å². The van der Waals surface area contributed by atoms with Gasteiger partial charge in [-0.15, -0.1) is 0 Å². The Balaban J connectivity index is 1.46. The van der Waals surface area contributed by atoms with E-state index >= 15 is 0 Å². The maximum atomic E-state index is 13.0. The summed E-state index contributed by atoms with van der Waals surface area (Å²) in [7, 11) is 6.34. The van der Waals surface area contributed by atoms with Gasteiger partial charge in [0.2, 0.25) is 0 Å². The molecule has 29 heavy (non-hydrogen) atoms. The molecule has 5 heteroatoms. The molecule has 3 rings (SSSR count). The van der Waals surface area contributed by atoms with Crippen LogP contribution in [0, 0.1) is 5.82 Å². The molecule has 0 spiro atoms. The number of thiocarbonyl (C=S) groups is 1. The van der Waals surface area contributed by atoms with Crippen LogP contribution < -0.4 is 0 Å². The van der Waals surface area contributed by atoms with Crippen LogP contribution in [0.25, 0.3) is 0 Å². The minimum absolute atomic E-state index is 0.192. The minimum Gasteiger partial charge on any atom is -0.358 e. The fraction of sp³-hybridized carbons (Fsp3) is 0.458. The maximum Gasteiger partial charge on any atom is 0.136 e. The zero-order valence-electron chi connectivity index (χ0n) is 17.6. The molecular weight excluding hydrogens is 399 g/mol. The smallest absolute Gasteiger partial charge is 0.136 e. The zero-order chi connectivity index (χ0) is 20.8. The molecule has 1 saturated carbocycles. The number of benzene rings is 2. The fourth-order valence-corrected chi connectivity index (χ4v) is 5.19. The summed E-state index contributed by atoms with van der Waals surface area (Å²) < 4.78 is 14.0. The lowest BCUT2D eigenvalue weighted by molar-refractivity contribution is 0.267. The van der Waals surface area contributed by atoms with Gasteiger partial charge in [-0.05, 0) is 74.5 Å². The third-order valence-electron chi connectivity index (χ3n) is 5.76. The number of thioether (sulfide) groups is 1. The van der Waals surface area contributed by atoms with Gasteiger partial charge in [-0.3, -0.25) is 0 Å². The molecular formula is C24H31FN2S2. The highest BCUT2D eigenvalue weighted by Gasteiger charge is 2.26. The van der Waals surface area contributed by atoms with Crippen LogP contribution in [-0.4, -0.2) is 41.3 Å². The molecule has 0 heterocycles. The molecule has 0 bridgehead atoms. The second-order valence-corrected chi connectivity index (χ2v) is 9.89. The largest absolute Gasteiger partial charge is 0.358 e. The topological polar surface area (TPSA) is 6.48 Å². The molecule has 2 aromatic carbocycles. The van der Waals surface area contributed by atoms with Gasteiger partial charge in [0.25, 0.3) is 0 Å².